The number of carbonyl (C=O) groups excluding carboxylic acids is 1. The molecule has 3 N–H and O–H groups in total. The Bertz CT molecular complexity index is 717. The third-order valence-electron chi connectivity index (χ3n) is 6.42. The van der Waals surface area contributed by atoms with E-state index in [1.54, 1.807) is 6.08 Å². The molecule has 0 aliphatic heterocycles. The number of hydrogen-bond donors (Lipinski definition) is 3. The summed E-state index contributed by atoms with van der Waals surface area (Å²) in [4.78, 5) is 12.2. The minimum Gasteiger partial charge on any atom is -0.394 e. The van der Waals surface area contributed by atoms with Crippen molar-refractivity contribution in [3.63, 3.8) is 0 Å². The van der Waals surface area contributed by atoms with Crippen LogP contribution >= 0.6 is 0 Å². The Hall–Kier alpha value is -2.17. The average molecular weight is 542 g/mol. The Kier molecular flexibility index (Phi) is 28.7. The number of rotatable bonds is 26. The van der Waals surface area contributed by atoms with Gasteiger partial charge in [0.1, 0.15) is 0 Å². The number of aliphatic hydroxyl groups is 2. The molecule has 4 nitrogen and oxygen atoms in total. The van der Waals surface area contributed by atoms with Gasteiger partial charge in [-0.05, 0) is 64.2 Å². The van der Waals surface area contributed by atoms with E-state index in [-0.39, 0.29) is 12.5 Å². The van der Waals surface area contributed by atoms with Crippen LogP contribution in [0.1, 0.15) is 123 Å². The molecule has 0 rings (SSSR count). The minimum absolute atomic E-state index is 0.0975. The monoisotopic (exact) mass is 541 g/mol. The van der Waals surface area contributed by atoms with Crippen molar-refractivity contribution in [3.05, 3.63) is 72.9 Å². The molecule has 1 amide bonds. The Morgan fingerprint density at radius 2 is 1.15 bits per heavy atom. The molecule has 0 fully saturated rings. The standard InChI is InChI=1S/C35H59NO3/c1-3-5-7-9-11-13-14-15-16-17-18-19-20-21-22-23-25-27-29-31-35(39)36-33(32-37)34(38)30-28-26-24-12-10-8-6-4-2/h5,7,10-13,15-16,18-19,28,30,33-34,37-38H,3-4,6,8-9,14,17,20-27,29,31-32H2,1-2H3,(H,36,39)/b7-5-,12-10+,13-11-,16-15-,19-18-,30-28+. The zero-order valence-corrected chi connectivity index (χ0v) is 25.1. The molecule has 2 unspecified atom stereocenters. The zero-order valence-electron chi connectivity index (χ0n) is 25.1. The zero-order chi connectivity index (χ0) is 28.7. The largest absolute Gasteiger partial charge is 0.394 e. The molecule has 2 atom stereocenters. The number of nitrogens with one attached hydrogen (secondary N) is 1. The third kappa shape index (κ3) is 27.2. The van der Waals surface area contributed by atoms with E-state index in [2.05, 4.69) is 79.9 Å². The first-order valence-corrected chi connectivity index (χ1v) is 15.7. The molecule has 0 aromatic carbocycles. The lowest BCUT2D eigenvalue weighted by Gasteiger charge is -2.19. The molecule has 222 valence electrons. The molecular weight excluding hydrogens is 482 g/mol. The maximum atomic E-state index is 12.2. The molecule has 0 radical (unpaired) electrons. The number of carbonyl (C=O) groups is 1. The van der Waals surface area contributed by atoms with Crippen molar-refractivity contribution in [1.29, 1.82) is 0 Å². The molecule has 39 heavy (non-hydrogen) atoms. The van der Waals surface area contributed by atoms with Crippen molar-refractivity contribution in [3.8, 4) is 0 Å². The summed E-state index contributed by atoms with van der Waals surface area (Å²) in [7, 11) is 0. The van der Waals surface area contributed by atoms with Crippen molar-refractivity contribution in [2.24, 2.45) is 0 Å². The number of allylic oxidation sites excluding steroid dienone is 11. The van der Waals surface area contributed by atoms with E-state index in [1.807, 2.05) is 6.08 Å². The van der Waals surface area contributed by atoms with Crippen LogP contribution in [0.4, 0.5) is 0 Å². The van der Waals surface area contributed by atoms with E-state index in [4.69, 9.17) is 0 Å². The second-order valence-electron chi connectivity index (χ2n) is 10.1. The van der Waals surface area contributed by atoms with Gasteiger partial charge >= 0.3 is 0 Å². The van der Waals surface area contributed by atoms with Gasteiger partial charge in [0.25, 0.3) is 0 Å². The van der Waals surface area contributed by atoms with Gasteiger partial charge in [0, 0.05) is 6.42 Å². The van der Waals surface area contributed by atoms with Gasteiger partial charge in [-0.2, -0.15) is 0 Å². The van der Waals surface area contributed by atoms with E-state index in [9.17, 15) is 15.0 Å². The molecule has 0 saturated carbocycles. The van der Waals surface area contributed by atoms with Gasteiger partial charge in [0.2, 0.25) is 5.91 Å². The van der Waals surface area contributed by atoms with Crippen molar-refractivity contribution in [2.45, 2.75) is 135 Å². The number of amides is 1. The first-order chi connectivity index (χ1) is 19.2. The predicted octanol–water partition coefficient (Wildman–Crippen LogP) is 8.83. The summed E-state index contributed by atoms with van der Waals surface area (Å²) in [5.74, 6) is -0.0975. The number of hydrogen-bond acceptors (Lipinski definition) is 3. The fourth-order valence-electron chi connectivity index (χ4n) is 3.99. The van der Waals surface area contributed by atoms with Gasteiger partial charge in [-0.3, -0.25) is 4.79 Å². The lowest BCUT2D eigenvalue weighted by molar-refractivity contribution is -0.123. The predicted molar refractivity (Wildman–Crippen MR) is 170 cm³/mol. The maximum Gasteiger partial charge on any atom is 0.220 e. The third-order valence-corrected chi connectivity index (χ3v) is 6.42. The summed E-state index contributed by atoms with van der Waals surface area (Å²) in [5.41, 5.74) is 0. The van der Waals surface area contributed by atoms with Gasteiger partial charge in [-0.15, -0.1) is 0 Å². The Morgan fingerprint density at radius 3 is 1.79 bits per heavy atom. The molecule has 4 heteroatoms. The summed E-state index contributed by atoms with van der Waals surface area (Å²) in [6.45, 7) is 4.07. The molecule has 0 aromatic heterocycles. The smallest absolute Gasteiger partial charge is 0.220 e. The van der Waals surface area contributed by atoms with Crippen LogP contribution in [0, 0.1) is 0 Å². The second-order valence-corrected chi connectivity index (χ2v) is 10.1. The van der Waals surface area contributed by atoms with Gasteiger partial charge in [-0.25, -0.2) is 0 Å². The summed E-state index contributed by atoms with van der Waals surface area (Å²) in [6.07, 6.45) is 42.7. The molecule has 0 heterocycles. The van der Waals surface area contributed by atoms with Gasteiger partial charge in [0.05, 0.1) is 18.8 Å². The molecule has 0 aliphatic rings. The first kappa shape index (κ1) is 36.8. The fraction of sp³-hybridized carbons (Fsp3) is 0.629. The highest BCUT2D eigenvalue weighted by Gasteiger charge is 2.17. The highest BCUT2D eigenvalue weighted by molar-refractivity contribution is 5.76. The summed E-state index contributed by atoms with van der Waals surface area (Å²) in [5, 5.41) is 22.6. The average Bonchev–Trinajstić information content (AvgIpc) is 2.94. The molecule has 0 bridgehead atoms. The summed E-state index contributed by atoms with van der Waals surface area (Å²) in [6, 6.07) is -0.646. The van der Waals surface area contributed by atoms with Crippen LogP contribution in [0.25, 0.3) is 0 Å². The lowest BCUT2D eigenvalue weighted by atomic mass is 10.1. The van der Waals surface area contributed by atoms with Crippen molar-refractivity contribution >= 4 is 5.91 Å². The van der Waals surface area contributed by atoms with Crippen LogP contribution in [-0.2, 0) is 4.79 Å². The van der Waals surface area contributed by atoms with Crippen LogP contribution in [0.3, 0.4) is 0 Å². The van der Waals surface area contributed by atoms with E-state index in [0.29, 0.717) is 6.42 Å². The van der Waals surface area contributed by atoms with Crippen LogP contribution in [-0.4, -0.2) is 34.9 Å². The van der Waals surface area contributed by atoms with E-state index < -0.39 is 12.1 Å². The SMILES string of the molecule is CC/C=C\C/C=C\C/C=C\C/C=C\CCCCCCCCC(=O)NC(CO)C(O)/C=C/CC/C=C/CCCC. The van der Waals surface area contributed by atoms with Crippen LogP contribution in [0.5, 0.6) is 0 Å². The summed E-state index contributed by atoms with van der Waals surface area (Å²) < 4.78 is 0. The molecule has 0 aliphatic carbocycles. The van der Waals surface area contributed by atoms with E-state index >= 15 is 0 Å². The second kappa shape index (κ2) is 30.4. The van der Waals surface area contributed by atoms with Crippen LogP contribution < -0.4 is 5.32 Å². The van der Waals surface area contributed by atoms with Gasteiger partial charge in [0.15, 0.2) is 0 Å². The molecule has 0 aromatic rings. The first-order valence-electron chi connectivity index (χ1n) is 15.7. The van der Waals surface area contributed by atoms with Gasteiger partial charge < -0.3 is 15.5 Å². The van der Waals surface area contributed by atoms with Crippen LogP contribution in [0.2, 0.25) is 0 Å². The minimum atomic E-state index is -0.867. The van der Waals surface area contributed by atoms with Crippen LogP contribution in [0.15, 0.2) is 72.9 Å². The molecule has 0 spiro atoms. The number of unbranched alkanes of at least 4 members (excludes halogenated alkanes) is 9. The van der Waals surface area contributed by atoms with E-state index in [0.717, 1.165) is 70.6 Å². The number of aliphatic hydroxyl groups excluding tert-OH is 2. The van der Waals surface area contributed by atoms with Crippen molar-refractivity contribution in [1.82, 2.24) is 5.32 Å². The normalized spacial score (nSPS) is 14.3. The Morgan fingerprint density at radius 1 is 0.641 bits per heavy atom. The topological polar surface area (TPSA) is 69.6 Å². The maximum absolute atomic E-state index is 12.2. The molecular formula is C35H59NO3. The highest BCUT2D eigenvalue weighted by atomic mass is 16.3. The highest BCUT2D eigenvalue weighted by Crippen LogP contribution is 2.10. The van der Waals surface area contributed by atoms with E-state index in [1.165, 1.54) is 32.1 Å². The summed E-state index contributed by atoms with van der Waals surface area (Å²) >= 11 is 0. The van der Waals surface area contributed by atoms with Crippen molar-refractivity contribution < 1.29 is 15.0 Å². The molecule has 0 saturated heterocycles. The fourth-order valence-corrected chi connectivity index (χ4v) is 3.99. The quantitative estimate of drug-likeness (QED) is 0.0757. The Labute approximate surface area is 240 Å². The lowest BCUT2D eigenvalue weighted by Crippen LogP contribution is -2.45. The Balaban J connectivity index is 3.73. The van der Waals surface area contributed by atoms with Crippen molar-refractivity contribution in [2.75, 3.05) is 6.61 Å². The van der Waals surface area contributed by atoms with Gasteiger partial charge in [-0.1, -0.05) is 125 Å².